The number of amides is 1. The van der Waals surface area contributed by atoms with Crippen LogP contribution in [0.4, 0.5) is 8.78 Å². The molecule has 1 amide bonds. The van der Waals surface area contributed by atoms with E-state index in [2.05, 4.69) is 10.5 Å². The maximum absolute atomic E-state index is 13.3. The Morgan fingerprint density at radius 1 is 1.35 bits per heavy atom. The van der Waals surface area contributed by atoms with Crippen LogP contribution in [0.15, 0.2) is 23.3 Å². The van der Waals surface area contributed by atoms with E-state index in [1.165, 1.54) is 6.07 Å². The molecule has 1 aromatic rings. The van der Waals surface area contributed by atoms with Crippen molar-refractivity contribution in [2.24, 2.45) is 11.0 Å². The second-order valence-electron chi connectivity index (χ2n) is 4.47. The summed E-state index contributed by atoms with van der Waals surface area (Å²) in [7, 11) is -3.16. The lowest BCUT2D eigenvalue weighted by Crippen LogP contribution is -2.27. The fraction of sp³-hybridized carbons (Fsp3) is 0.333. The molecule has 0 spiro atoms. The number of halogens is 2. The van der Waals surface area contributed by atoms with Gasteiger partial charge in [0.15, 0.2) is 9.84 Å². The van der Waals surface area contributed by atoms with Gasteiger partial charge in [-0.1, -0.05) is 6.07 Å². The van der Waals surface area contributed by atoms with Gasteiger partial charge in [-0.25, -0.2) is 22.6 Å². The molecule has 108 valence electrons. The molecule has 1 N–H and O–H groups in total. The standard InChI is InChI=1S/C12H12F2N2O3S/c13-10-2-1-3-11(14)9(10)6-15-16-12(17)8-4-5-20(18,19)7-8/h1-3,6,8H,4-5,7H2,(H,16,17)/b15-6-/t8-/m0/s1. The number of rotatable bonds is 3. The van der Waals surface area contributed by atoms with Gasteiger partial charge in [0.25, 0.3) is 0 Å². The van der Waals surface area contributed by atoms with Crippen molar-refractivity contribution in [2.75, 3.05) is 11.5 Å². The summed E-state index contributed by atoms with van der Waals surface area (Å²) in [5.74, 6) is -3.08. The average molecular weight is 302 g/mol. The van der Waals surface area contributed by atoms with E-state index in [0.717, 1.165) is 18.3 Å². The average Bonchev–Trinajstić information content (AvgIpc) is 2.73. The van der Waals surface area contributed by atoms with Crippen LogP contribution >= 0.6 is 0 Å². The molecule has 0 saturated carbocycles. The van der Waals surface area contributed by atoms with Crippen molar-refractivity contribution in [1.82, 2.24) is 5.43 Å². The normalized spacial score (nSPS) is 21.2. The third-order valence-corrected chi connectivity index (χ3v) is 4.74. The second kappa shape index (κ2) is 5.66. The molecule has 0 bridgehead atoms. The topological polar surface area (TPSA) is 75.6 Å². The van der Waals surface area contributed by atoms with Crippen molar-refractivity contribution >= 4 is 22.0 Å². The minimum Gasteiger partial charge on any atom is -0.273 e. The van der Waals surface area contributed by atoms with Gasteiger partial charge in [-0.2, -0.15) is 5.10 Å². The van der Waals surface area contributed by atoms with Crippen LogP contribution in [0.25, 0.3) is 0 Å². The van der Waals surface area contributed by atoms with Crippen LogP contribution < -0.4 is 5.43 Å². The van der Waals surface area contributed by atoms with Crippen molar-refractivity contribution in [3.8, 4) is 0 Å². The maximum atomic E-state index is 13.3. The monoisotopic (exact) mass is 302 g/mol. The Hall–Kier alpha value is -1.83. The van der Waals surface area contributed by atoms with Gasteiger partial charge in [0.2, 0.25) is 5.91 Å². The molecule has 8 heteroatoms. The highest BCUT2D eigenvalue weighted by molar-refractivity contribution is 7.91. The van der Waals surface area contributed by atoms with Crippen molar-refractivity contribution in [2.45, 2.75) is 6.42 Å². The van der Waals surface area contributed by atoms with Gasteiger partial charge in [-0.3, -0.25) is 4.79 Å². The summed E-state index contributed by atoms with van der Waals surface area (Å²) in [6.07, 6.45) is 1.09. The molecule has 1 aliphatic rings. The van der Waals surface area contributed by atoms with Crippen LogP contribution in [-0.2, 0) is 14.6 Å². The molecular weight excluding hydrogens is 290 g/mol. The molecule has 0 aromatic heterocycles. The van der Waals surface area contributed by atoms with Crippen molar-refractivity contribution < 1.29 is 22.0 Å². The predicted molar refractivity (Wildman–Crippen MR) is 68.9 cm³/mol. The number of nitrogens with one attached hydrogen (secondary N) is 1. The molecule has 0 radical (unpaired) electrons. The number of hydrogen-bond acceptors (Lipinski definition) is 4. The summed E-state index contributed by atoms with van der Waals surface area (Å²) >= 11 is 0. The zero-order valence-electron chi connectivity index (χ0n) is 10.3. The van der Waals surface area contributed by atoms with E-state index in [9.17, 15) is 22.0 Å². The van der Waals surface area contributed by atoms with Crippen molar-refractivity contribution in [1.29, 1.82) is 0 Å². The lowest BCUT2D eigenvalue weighted by atomic mass is 10.1. The van der Waals surface area contributed by atoms with Crippen LogP contribution in [0.3, 0.4) is 0 Å². The summed E-state index contributed by atoms with van der Waals surface area (Å²) in [6, 6.07) is 3.34. The van der Waals surface area contributed by atoms with Gasteiger partial charge in [0.1, 0.15) is 11.6 Å². The first-order valence-electron chi connectivity index (χ1n) is 5.86. The highest BCUT2D eigenvalue weighted by Gasteiger charge is 2.32. The number of hydrogen-bond donors (Lipinski definition) is 1. The van der Waals surface area contributed by atoms with Gasteiger partial charge in [0, 0.05) is 0 Å². The molecule has 1 heterocycles. The van der Waals surface area contributed by atoms with Gasteiger partial charge in [0.05, 0.1) is 29.2 Å². The zero-order chi connectivity index (χ0) is 14.8. The SMILES string of the molecule is O=C(N/N=C\c1c(F)cccc1F)[C@H]1CCS(=O)(=O)C1. The molecule has 0 unspecified atom stereocenters. The molecule has 1 aromatic carbocycles. The van der Waals surface area contributed by atoms with Crippen molar-refractivity contribution in [3.63, 3.8) is 0 Å². The van der Waals surface area contributed by atoms with Crippen molar-refractivity contribution in [3.05, 3.63) is 35.4 Å². The first-order valence-corrected chi connectivity index (χ1v) is 7.68. The van der Waals surface area contributed by atoms with Crippen LogP contribution in [0.2, 0.25) is 0 Å². The summed E-state index contributed by atoms with van der Waals surface area (Å²) in [4.78, 5) is 11.6. The Morgan fingerprint density at radius 3 is 2.55 bits per heavy atom. The molecule has 5 nitrogen and oxygen atoms in total. The first-order chi connectivity index (χ1) is 9.39. The Labute approximate surface area is 114 Å². The molecular formula is C12H12F2N2O3S. The van der Waals surface area contributed by atoms with E-state index < -0.39 is 33.3 Å². The third-order valence-electron chi connectivity index (χ3n) is 2.97. The number of carbonyl (C=O) groups excluding carboxylic acids is 1. The van der Waals surface area contributed by atoms with E-state index in [4.69, 9.17) is 0 Å². The zero-order valence-corrected chi connectivity index (χ0v) is 11.2. The van der Waals surface area contributed by atoms with E-state index in [-0.39, 0.29) is 23.5 Å². The quantitative estimate of drug-likeness (QED) is 0.664. The molecule has 1 atom stereocenters. The number of sulfone groups is 1. The van der Waals surface area contributed by atoms with E-state index in [0.29, 0.717) is 0 Å². The van der Waals surface area contributed by atoms with E-state index in [1.54, 1.807) is 0 Å². The summed E-state index contributed by atoms with van der Waals surface area (Å²) in [5, 5.41) is 3.46. The maximum Gasteiger partial charge on any atom is 0.244 e. The molecule has 0 aliphatic carbocycles. The summed E-state index contributed by atoms with van der Waals surface area (Å²) in [5.41, 5.74) is 1.73. The van der Waals surface area contributed by atoms with Crippen LogP contribution in [0.1, 0.15) is 12.0 Å². The van der Waals surface area contributed by atoms with Gasteiger partial charge < -0.3 is 0 Å². The molecule has 1 fully saturated rings. The minimum absolute atomic E-state index is 0.0310. The predicted octanol–water partition coefficient (Wildman–Crippen LogP) is 0.850. The van der Waals surface area contributed by atoms with Gasteiger partial charge >= 0.3 is 0 Å². The van der Waals surface area contributed by atoms with E-state index >= 15 is 0 Å². The van der Waals surface area contributed by atoms with Crippen LogP contribution in [0, 0.1) is 17.6 Å². The highest BCUT2D eigenvalue weighted by Crippen LogP contribution is 2.18. The van der Waals surface area contributed by atoms with Gasteiger partial charge in [-0.15, -0.1) is 0 Å². The number of benzene rings is 1. The largest absolute Gasteiger partial charge is 0.273 e. The molecule has 1 aliphatic heterocycles. The fourth-order valence-corrected chi connectivity index (χ4v) is 3.63. The summed E-state index contributed by atoms with van der Waals surface area (Å²) < 4.78 is 48.9. The Morgan fingerprint density at radius 2 is 2.00 bits per heavy atom. The highest BCUT2D eigenvalue weighted by atomic mass is 32.2. The first kappa shape index (κ1) is 14.6. The molecule has 1 saturated heterocycles. The number of nitrogens with zero attached hydrogens (tertiary/aromatic N) is 1. The molecule has 20 heavy (non-hydrogen) atoms. The number of carbonyl (C=O) groups is 1. The Balaban J connectivity index is 1.99. The van der Waals surface area contributed by atoms with Crippen LogP contribution in [0.5, 0.6) is 0 Å². The molecule has 2 rings (SSSR count). The third kappa shape index (κ3) is 3.38. The lowest BCUT2D eigenvalue weighted by molar-refractivity contribution is -0.124. The number of hydrazone groups is 1. The second-order valence-corrected chi connectivity index (χ2v) is 6.70. The minimum atomic E-state index is -3.16. The fourth-order valence-electron chi connectivity index (χ4n) is 1.89. The smallest absolute Gasteiger partial charge is 0.244 e. The Bertz CT molecular complexity index is 638. The Kier molecular flexibility index (Phi) is 4.12. The summed E-state index contributed by atoms with van der Waals surface area (Å²) in [6.45, 7) is 0. The van der Waals surface area contributed by atoms with E-state index in [1.807, 2.05) is 0 Å². The lowest BCUT2D eigenvalue weighted by Gasteiger charge is -2.04. The van der Waals surface area contributed by atoms with Crippen LogP contribution in [-0.4, -0.2) is 32.0 Å². The van der Waals surface area contributed by atoms with Gasteiger partial charge in [-0.05, 0) is 18.6 Å².